The van der Waals surface area contributed by atoms with Gasteiger partial charge in [0, 0.05) is 13.5 Å². The van der Waals surface area contributed by atoms with E-state index in [9.17, 15) is 5.11 Å². The van der Waals surface area contributed by atoms with Gasteiger partial charge in [-0.1, -0.05) is 30.3 Å². The predicted molar refractivity (Wildman–Crippen MR) is 62.4 cm³/mol. The molecule has 1 heterocycles. The Labute approximate surface area is 101 Å². The van der Waals surface area contributed by atoms with Crippen LogP contribution in [-0.4, -0.2) is 37.3 Å². The van der Waals surface area contributed by atoms with Gasteiger partial charge in [-0.3, -0.25) is 0 Å². The van der Waals surface area contributed by atoms with Crippen LogP contribution >= 0.6 is 0 Å². The Kier molecular flexibility index (Phi) is 4.50. The molecule has 0 saturated carbocycles. The molecule has 1 aliphatic heterocycles. The Hall–Kier alpha value is -0.940. The second-order valence-corrected chi connectivity index (χ2v) is 4.09. The molecule has 0 amide bonds. The van der Waals surface area contributed by atoms with Crippen LogP contribution in [0.3, 0.4) is 0 Å². The average molecular weight is 238 g/mol. The van der Waals surface area contributed by atoms with E-state index in [0.717, 1.165) is 5.56 Å². The monoisotopic (exact) mass is 238 g/mol. The first-order valence-corrected chi connectivity index (χ1v) is 5.78. The van der Waals surface area contributed by atoms with Gasteiger partial charge in [-0.05, 0) is 5.56 Å². The summed E-state index contributed by atoms with van der Waals surface area (Å²) in [7, 11) is 1.60. The number of hydrogen-bond acceptors (Lipinski definition) is 4. The van der Waals surface area contributed by atoms with Crippen LogP contribution in [0.2, 0.25) is 0 Å². The number of aliphatic hydroxyl groups excluding tert-OH is 1. The Morgan fingerprint density at radius 1 is 1.35 bits per heavy atom. The largest absolute Gasteiger partial charge is 0.394 e. The van der Waals surface area contributed by atoms with E-state index in [1.165, 1.54) is 0 Å². The first-order valence-electron chi connectivity index (χ1n) is 5.78. The van der Waals surface area contributed by atoms with Crippen LogP contribution in [0.15, 0.2) is 30.3 Å². The fraction of sp³-hybridized carbons (Fsp3) is 0.538. The molecular formula is C13H18O4. The average Bonchev–Trinajstić information content (AvgIpc) is 2.80. The van der Waals surface area contributed by atoms with Gasteiger partial charge in [0.25, 0.3) is 0 Å². The van der Waals surface area contributed by atoms with Crippen molar-refractivity contribution in [2.24, 2.45) is 0 Å². The van der Waals surface area contributed by atoms with Crippen molar-refractivity contribution in [3.63, 3.8) is 0 Å². The summed E-state index contributed by atoms with van der Waals surface area (Å²) >= 11 is 0. The molecule has 1 aromatic rings. The SMILES string of the molecule is COC1C[C@@H](OCc2ccccc2)[C@H](CO)O1. The highest BCUT2D eigenvalue weighted by Gasteiger charge is 2.35. The van der Waals surface area contributed by atoms with E-state index in [-0.39, 0.29) is 25.1 Å². The van der Waals surface area contributed by atoms with Crippen molar-refractivity contribution in [1.82, 2.24) is 0 Å². The number of rotatable bonds is 5. The number of ether oxygens (including phenoxy) is 3. The van der Waals surface area contributed by atoms with E-state index >= 15 is 0 Å². The van der Waals surface area contributed by atoms with Crippen molar-refractivity contribution < 1.29 is 19.3 Å². The van der Waals surface area contributed by atoms with Crippen molar-refractivity contribution >= 4 is 0 Å². The van der Waals surface area contributed by atoms with E-state index in [0.29, 0.717) is 13.0 Å². The molecule has 0 spiro atoms. The molecular weight excluding hydrogens is 220 g/mol. The Morgan fingerprint density at radius 3 is 2.76 bits per heavy atom. The summed E-state index contributed by atoms with van der Waals surface area (Å²) in [5, 5.41) is 9.19. The first kappa shape index (κ1) is 12.5. The van der Waals surface area contributed by atoms with E-state index < -0.39 is 0 Å². The van der Waals surface area contributed by atoms with Gasteiger partial charge in [0.2, 0.25) is 0 Å². The minimum atomic E-state index is -0.288. The molecule has 2 rings (SSSR count). The number of hydrogen-bond donors (Lipinski definition) is 1. The summed E-state index contributed by atoms with van der Waals surface area (Å²) in [6.07, 6.45) is -0.00378. The standard InChI is InChI=1S/C13H18O4/c1-15-13-7-11(12(8-14)17-13)16-9-10-5-3-2-4-6-10/h2-6,11-14H,7-9H2,1H3/t11-,12+,13?/m1/s1. The summed E-state index contributed by atoms with van der Waals surface area (Å²) in [4.78, 5) is 0. The number of aliphatic hydroxyl groups is 1. The second kappa shape index (κ2) is 6.12. The van der Waals surface area contributed by atoms with E-state index in [1.807, 2.05) is 30.3 Å². The van der Waals surface area contributed by atoms with Crippen LogP contribution in [0.25, 0.3) is 0 Å². The van der Waals surface area contributed by atoms with Gasteiger partial charge in [0.05, 0.1) is 19.3 Å². The molecule has 17 heavy (non-hydrogen) atoms. The smallest absolute Gasteiger partial charge is 0.160 e. The lowest BCUT2D eigenvalue weighted by Gasteiger charge is -2.16. The molecule has 4 heteroatoms. The molecule has 1 aliphatic rings. The van der Waals surface area contributed by atoms with Crippen molar-refractivity contribution in [2.45, 2.75) is 31.5 Å². The third-order valence-electron chi connectivity index (χ3n) is 2.92. The highest BCUT2D eigenvalue weighted by atomic mass is 16.7. The van der Waals surface area contributed by atoms with Gasteiger partial charge in [-0.25, -0.2) is 0 Å². The summed E-state index contributed by atoms with van der Waals surface area (Å²) in [6.45, 7) is 0.487. The molecule has 0 aliphatic carbocycles. The lowest BCUT2D eigenvalue weighted by atomic mass is 10.2. The van der Waals surface area contributed by atoms with E-state index in [4.69, 9.17) is 14.2 Å². The molecule has 3 atom stereocenters. The van der Waals surface area contributed by atoms with Gasteiger partial charge < -0.3 is 19.3 Å². The Bertz CT molecular complexity index is 327. The summed E-state index contributed by atoms with van der Waals surface area (Å²) in [6, 6.07) is 9.95. The topological polar surface area (TPSA) is 47.9 Å². The minimum absolute atomic E-state index is 0.0423. The molecule has 1 unspecified atom stereocenters. The summed E-state index contributed by atoms with van der Waals surface area (Å²) < 4.78 is 16.3. The van der Waals surface area contributed by atoms with Gasteiger partial charge in [0.15, 0.2) is 6.29 Å². The fourth-order valence-electron chi connectivity index (χ4n) is 1.94. The maximum atomic E-state index is 9.19. The van der Waals surface area contributed by atoms with Crippen LogP contribution in [0.1, 0.15) is 12.0 Å². The van der Waals surface area contributed by atoms with Crippen LogP contribution < -0.4 is 0 Å². The number of methoxy groups -OCH3 is 1. The predicted octanol–water partition coefficient (Wildman–Crippen LogP) is 1.33. The highest BCUT2D eigenvalue weighted by Crippen LogP contribution is 2.24. The van der Waals surface area contributed by atoms with Gasteiger partial charge in [-0.15, -0.1) is 0 Å². The Balaban J connectivity index is 1.86. The Morgan fingerprint density at radius 2 is 2.12 bits per heavy atom. The molecule has 1 fully saturated rings. The van der Waals surface area contributed by atoms with Crippen molar-refractivity contribution in [3.8, 4) is 0 Å². The van der Waals surface area contributed by atoms with E-state index in [2.05, 4.69) is 0 Å². The maximum Gasteiger partial charge on any atom is 0.160 e. The normalized spacial score (nSPS) is 28.5. The zero-order valence-corrected chi connectivity index (χ0v) is 9.91. The van der Waals surface area contributed by atoms with Crippen LogP contribution in [0.4, 0.5) is 0 Å². The first-order chi connectivity index (χ1) is 8.33. The third kappa shape index (κ3) is 3.26. The molecule has 0 aromatic heterocycles. The van der Waals surface area contributed by atoms with Crippen molar-refractivity contribution in [2.75, 3.05) is 13.7 Å². The molecule has 0 radical (unpaired) electrons. The summed E-state index contributed by atoms with van der Waals surface area (Å²) in [5.41, 5.74) is 1.12. The van der Waals surface area contributed by atoms with Gasteiger partial charge >= 0.3 is 0 Å². The summed E-state index contributed by atoms with van der Waals surface area (Å²) in [5.74, 6) is 0. The van der Waals surface area contributed by atoms with Crippen LogP contribution in [-0.2, 0) is 20.8 Å². The lowest BCUT2D eigenvalue weighted by Crippen LogP contribution is -2.27. The van der Waals surface area contributed by atoms with Crippen LogP contribution in [0, 0.1) is 0 Å². The molecule has 4 nitrogen and oxygen atoms in total. The van der Waals surface area contributed by atoms with Gasteiger partial charge in [0.1, 0.15) is 6.10 Å². The maximum absolute atomic E-state index is 9.19. The van der Waals surface area contributed by atoms with Crippen molar-refractivity contribution in [3.05, 3.63) is 35.9 Å². The molecule has 1 aromatic carbocycles. The fourth-order valence-corrected chi connectivity index (χ4v) is 1.94. The van der Waals surface area contributed by atoms with Crippen molar-refractivity contribution in [1.29, 1.82) is 0 Å². The minimum Gasteiger partial charge on any atom is -0.394 e. The lowest BCUT2D eigenvalue weighted by molar-refractivity contribution is -0.130. The molecule has 1 saturated heterocycles. The second-order valence-electron chi connectivity index (χ2n) is 4.09. The molecule has 1 N–H and O–H groups in total. The zero-order valence-electron chi connectivity index (χ0n) is 9.91. The molecule has 94 valence electrons. The number of benzene rings is 1. The quantitative estimate of drug-likeness (QED) is 0.840. The third-order valence-corrected chi connectivity index (χ3v) is 2.92. The molecule has 0 bridgehead atoms. The zero-order chi connectivity index (χ0) is 12.1. The van der Waals surface area contributed by atoms with Crippen LogP contribution in [0.5, 0.6) is 0 Å². The van der Waals surface area contributed by atoms with E-state index in [1.54, 1.807) is 7.11 Å². The highest BCUT2D eigenvalue weighted by molar-refractivity contribution is 5.13. The van der Waals surface area contributed by atoms with Gasteiger partial charge in [-0.2, -0.15) is 0 Å².